The molecule has 90 valence electrons. The molecule has 0 aliphatic rings. The van der Waals surface area contributed by atoms with Gasteiger partial charge in [-0.15, -0.1) is 6.42 Å². The fourth-order valence-electron chi connectivity index (χ4n) is 1.34. The number of terminal acetylenes is 1. The van der Waals surface area contributed by atoms with E-state index in [1.807, 2.05) is 6.92 Å². The summed E-state index contributed by atoms with van der Waals surface area (Å²) in [6.45, 7) is 3.70. The lowest BCUT2D eigenvalue weighted by Gasteiger charge is -2.10. The zero-order valence-electron chi connectivity index (χ0n) is 9.93. The minimum absolute atomic E-state index is 0.169. The molecular formula is C13H15NO3. The molecule has 0 radical (unpaired) electrons. The zero-order valence-corrected chi connectivity index (χ0v) is 9.93. The second-order valence-corrected chi connectivity index (χ2v) is 3.67. The Balaban J connectivity index is 3.04. The Bertz CT molecular complexity index is 448. The number of aryl methyl sites for hydroxylation is 1. The molecule has 1 heterocycles. The molecule has 1 N–H and O–H groups in total. The number of carboxylic acid groups (broad SMARTS) is 1. The first-order chi connectivity index (χ1) is 8.06. The van der Waals surface area contributed by atoms with Crippen LogP contribution in [0.1, 0.15) is 36.3 Å². The third-order valence-corrected chi connectivity index (χ3v) is 2.14. The molecule has 1 unspecified atom stereocenters. The van der Waals surface area contributed by atoms with Crippen LogP contribution in [0.2, 0.25) is 0 Å². The van der Waals surface area contributed by atoms with Crippen molar-refractivity contribution in [2.75, 3.05) is 0 Å². The Labute approximate surface area is 101 Å². The van der Waals surface area contributed by atoms with Crippen LogP contribution in [0.3, 0.4) is 0 Å². The summed E-state index contributed by atoms with van der Waals surface area (Å²) in [4.78, 5) is 15.2. The molecule has 0 saturated carbocycles. The fourth-order valence-corrected chi connectivity index (χ4v) is 1.34. The molecule has 0 aliphatic carbocycles. The van der Waals surface area contributed by atoms with Gasteiger partial charge in [0, 0.05) is 11.8 Å². The summed E-state index contributed by atoms with van der Waals surface area (Å²) in [6.07, 6.45) is 6.37. The van der Waals surface area contributed by atoms with Gasteiger partial charge in [-0.1, -0.05) is 19.3 Å². The van der Waals surface area contributed by atoms with Gasteiger partial charge in [-0.2, -0.15) is 0 Å². The third kappa shape index (κ3) is 3.80. The Morgan fingerprint density at radius 2 is 2.35 bits per heavy atom. The number of carboxylic acids is 1. The van der Waals surface area contributed by atoms with Gasteiger partial charge in [-0.05, 0) is 19.4 Å². The van der Waals surface area contributed by atoms with Crippen molar-refractivity contribution in [1.82, 2.24) is 4.98 Å². The largest absolute Gasteiger partial charge is 0.478 e. The smallest absolute Gasteiger partial charge is 0.335 e. The van der Waals surface area contributed by atoms with Gasteiger partial charge in [0.25, 0.3) is 0 Å². The number of aromatic carboxylic acids is 1. The number of rotatable bonds is 5. The lowest BCUT2D eigenvalue weighted by atomic mass is 10.1. The van der Waals surface area contributed by atoms with Crippen molar-refractivity contribution >= 4 is 5.97 Å². The first-order valence-corrected chi connectivity index (χ1v) is 5.43. The van der Waals surface area contributed by atoms with Crippen molar-refractivity contribution in [3.63, 3.8) is 0 Å². The summed E-state index contributed by atoms with van der Waals surface area (Å²) in [7, 11) is 0. The number of nitrogens with zero attached hydrogens (tertiary/aromatic N) is 1. The highest BCUT2D eigenvalue weighted by Crippen LogP contribution is 2.15. The quantitative estimate of drug-likeness (QED) is 0.791. The molecule has 1 aromatic heterocycles. The average molecular weight is 233 g/mol. The fraction of sp³-hybridized carbons (Fsp3) is 0.385. The number of ether oxygens (including phenoxy) is 1. The van der Waals surface area contributed by atoms with Gasteiger partial charge < -0.3 is 9.84 Å². The molecule has 4 heteroatoms. The summed E-state index contributed by atoms with van der Waals surface area (Å²) in [5, 5.41) is 8.97. The SMILES string of the molecule is C#CC(C)Oc1cc(C(=O)O)cc(CCC)n1. The predicted octanol–water partition coefficient (Wildman–Crippen LogP) is 2.13. The summed E-state index contributed by atoms with van der Waals surface area (Å²) in [5.41, 5.74) is 0.870. The molecule has 17 heavy (non-hydrogen) atoms. The Kier molecular flexibility index (Phi) is 4.53. The Hall–Kier alpha value is -2.02. The molecule has 1 atom stereocenters. The lowest BCUT2D eigenvalue weighted by molar-refractivity contribution is 0.0695. The molecular weight excluding hydrogens is 218 g/mol. The number of pyridine rings is 1. The van der Waals surface area contributed by atoms with Crippen molar-refractivity contribution in [3.05, 3.63) is 23.4 Å². The standard InChI is InChI=1S/C13H15NO3/c1-4-6-11-7-10(13(15)16)8-12(14-11)17-9(3)5-2/h2,7-9H,4,6H2,1,3H3,(H,15,16). The van der Waals surface area contributed by atoms with Crippen molar-refractivity contribution in [2.45, 2.75) is 32.8 Å². The highest BCUT2D eigenvalue weighted by Gasteiger charge is 2.10. The lowest BCUT2D eigenvalue weighted by Crippen LogP contribution is -2.11. The van der Waals surface area contributed by atoms with Crippen molar-refractivity contribution in [2.24, 2.45) is 0 Å². The molecule has 0 saturated heterocycles. The molecule has 0 amide bonds. The van der Waals surface area contributed by atoms with E-state index in [2.05, 4.69) is 10.9 Å². The van der Waals surface area contributed by atoms with E-state index in [1.54, 1.807) is 13.0 Å². The van der Waals surface area contributed by atoms with Gasteiger partial charge in [0.2, 0.25) is 5.88 Å². The first kappa shape index (κ1) is 13.0. The van der Waals surface area contributed by atoms with Crippen LogP contribution in [-0.4, -0.2) is 22.2 Å². The van der Waals surface area contributed by atoms with E-state index in [9.17, 15) is 4.79 Å². The molecule has 0 fully saturated rings. The van der Waals surface area contributed by atoms with Crippen LogP contribution in [-0.2, 0) is 6.42 Å². The highest BCUT2D eigenvalue weighted by molar-refractivity contribution is 5.88. The molecule has 1 rings (SSSR count). The maximum atomic E-state index is 10.9. The van der Waals surface area contributed by atoms with Crippen LogP contribution in [0.5, 0.6) is 5.88 Å². The van der Waals surface area contributed by atoms with Crippen LogP contribution in [0.15, 0.2) is 12.1 Å². The average Bonchev–Trinajstić information content (AvgIpc) is 2.29. The number of carbonyl (C=O) groups is 1. The minimum atomic E-state index is -0.997. The molecule has 1 aromatic rings. The maximum absolute atomic E-state index is 10.9. The number of hydrogen-bond donors (Lipinski definition) is 1. The van der Waals surface area contributed by atoms with Gasteiger partial charge in [0.15, 0.2) is 6.10 Å². The van der Waals surface area contributed by atoms with Gasteiger partial charge >= 0.3 is 5.97 Å². The molecule has 0 bridgehead atoms. The van der Waals surface area contributed by atoms with Crippen LogP contribution < -0.4 is 4.74 Å². The monoisotopic (exact) mass is 233 g/mol. The molecule has 4 nitrogen and oxygen atoms in total. The van der Waals surface area contributed by atoms with E-state index in [0.29, 0.717) is 12.1 Å². The van der Waals surface area contributed by atoms with Crippen LogP contribution in [0, 0.1) is 12.3 Å². The van der Waals surface area contributed by atoms with Gasteiger partial charge in [0.05, 0.1) is 5.56 Å². The predicted molar refractivity (Wildman–Crippen MR) is 64.1 cm³/mol. The summed E-state index contributed by atoms with van der Waals surface area (Å²) < 4.78 is 5.33. The van der Waals surface area contributed by atoms with E-state index < -0.39 is 12.1 Å². The normalized spacial score (nSPS) is 11.6. The summed E-state index contributed by atoms with van der Waals surface area (Å²) >= 11 is 0. The zero-order chi connectivity index (χ0) is 12.8. The van der Waals surface area contributed by atoms with Crippen molar-refractivity contribution in [1.29, 1.82) is 0 Å². The number of aromatic nitrogens is 1. The molecule has 0 aromatic carbocycles. The van der Waals surface area contributed by atoms with Crippen molar-refractivity contribution in [3.8, 4) is 18.2 Å². The highest BCUT2D eigenvalue weighted by atomic mass is 16.5. The van der Waals surface area contributed by atoms with E-state index in [1.165, 1.54) is 6.07 Å². The van der Waals surface area contributed by atoms with E-state index >= 15 is 0 Å². The second-order valence-electron chi connectivity index (χ2n) is 3.67. The van der Waals surface area contributed by atoms with E-state index in [-0.39, 0.29) is 11.4 Å². The molecule has 0 spiro atoms. The van der Waals surface area contributed by atoms with Crippen LogP contribution >= 0.6 is 0 Å². The summed E-state index contributed by atoms with van der Waals surface area (Å²) in [5.74, 6) is 1.67. The van der Waals surface area contributed by atoms with Crippen LogP contribution in [0.25, 0.3) is 0 Å². The topological polar surface area (TPSA) is 59.4 Å². The van der Waals surface area contributed by atoms with Gasteiger partial charge in [-0.25, -0.2) is 9.78 Å². The first-order valence-electron chi connectivity index (χ1n) is 5.43. The van der Waals surface area contributed by atoms with Crippen molar-refractivity contribution < 1.29 is 14.6 Å². The van der Waals surface area contributed by atoms with E-state index in [4.69, 9.17) is 16.3 Å². The van der Waals surface area contributed by atoms with E-state index in [0.717, 1.165) is 6.42 Å². The van der Waals surface area contributed by atoms with Gasteiger partial charge in [-0.3, -0.25) is 0 Å². The Morgan fingerprint density at radius 1 is 1.65 bits per heavy atom. The second kappa shape index (κ2) is 5.90. The minimum Gasteiger partial charge on any atom is -0.478 e. The van der Waals surface area contributed by atoms with Gasteiger partial charge in [0.1, 0.15) is 0 Å². The summed E-state index contributed by atoms with van der Waals surface area (Å²) in [6, 6.07) is 2.94. The molecule has 0 aliphatic heterocycles. The third-order valence-electron chi connectivity index (χ3n) is 2.14. The maximum Gasteiger partial charge on any atom is 0.335 e. The number of hydrogen-bond acceptors (Lipinski definition) is 3. The van der Waals surface area contributed by atoms with Crippen LogP contribution in [0.4, 0.5) is 0 Å². The Morgan fingerprint density at radius 3 is 2.88 bits per heavy atom.